The molecule has 0 aliphatic rings. The first-order valence-corrected chi connectivity index (χ1v) is 6.83. The Hall–Kier alpha value is -1.63. The Balaban J connectivity index is 2.00. The minimum atomic E-state index is 0.678. The molecule has 7 heteroatoms. The number of aromatic nitrogens is 5. The van der Waals surface area contributed by atoms with Gasteiger partial charge in [0.05, 0.1) is 5.75 Å². The van der Waals surface area contributed by atoms with Crippen LogP contribution in [-0.4, -0.2) is 31.7 Å². The van der Waals surface area contributed by atoms with Gasteiger partial charge >= 0.3 is 0 Å². The highest BCUT2D eigenvalue weighted by Crippen LogP contribution is 2.17. The average molecular weight is 264 g/mol. The maximum atomic E-state index is 4.47. The smallest absolute Gasteiger partial charge is 0.183 e. The third-order valence-electron chi connectivity index (χ3n) is 2.19. The summed E-state index contributed by atoms with van der Waals surface area (Å²) >= 11 is 1.54. The van der Waals surface area contributed by atoms with Crippen LogP contribution in [0.15, 0.2) is 17.6 Å². The van der Waals surface area contributed by atoms with Crippen LogP contribution >= 0.6 is 11.8 Å². The Kier molecular flexibility index (Phi) is 4.52. The molecule has 0 bridgehead atoms. The van der Waals surface area contributed by atoms with Crippen molar-refractivity contribution in [3.05, 3.63) is 23.9 Å². The number of rotatable bonds is 6. The fourth-order valence-corrected chi connectivity index (χ4v) is 2.07. The van der Waals surface area contributed by atoms with Crippen LogP contribution in [0.2, 0.25) is 0 Å². The molecule has 0 aliphatic heterocycles. The molecular weight excluding hydrogens is 248 g/mol. The van der Waals surface area contributed by atoms with E-state index in [0.29, 0.717) is 5.75 Å². The molecule has 96 valence electrons. The lowest BCUT2D eigenvalue weighted by atomic mass is 10.4. The van der Waals surface area contributed by atoms with Gasteiger partial charge in [-0.2, -0.15) is 5.10 Å². The molecular formula is C11H16N6S. The zero-order valence-corrected chi connectivity index (χ0v) is 11.3. The van der Waals surface area contributed by atoms with Crippen molar-refractivity contribution in [3.63, 3.8) is 0 Å². The number of hydrogen-bond donors (Lipinski definition) is 2. The Morgan fingerprint density at radius 2 is 2.28 bits per heavy atom. The van der Waals surface area contributed by atoms with Crippen LogP contribution in [0.25, 0.3) is 0 Å². The average Bonchev–Trinajstić information content (AvgIpc) is 2.86. The first-order valence-electron chi connectivity index (χ1n) is 5.84. The summed E-state index contributed by atoms with van der Waals surface area (Å²) in [5, 5.41) is 10.7. The molecule has 0 aromatic carbocycles. The van der Waals surface area contributed by atoms with Gasteiger partial charge in [-0.1, -0.05) is 18.7 Å². The quantitative estimate of drug-likeness (QED) is 0.777. The predicted molar refractivity (Wildman–Crippen MR) is 71.5 cm³/mol. The van der Waals surface area contributed by atoms with Crippen molar-refractivity contribution >= 4 is 17.6 Å². The summed E-state index contributed by atoms with van der Waals surface area (Å²) in [6, 6.07) is 1.96. The summed E-state index contributed by atoms with van der Waals surface area (Å²) in [4.78, 5) is 12.9. The van der Waals surface area contributed by atoms with E-state index in [0.717, 1.165) is 35.5 Å². The Bertz CT molecular complexity index is 484. The van der Waals surface area contributed by atoms with Gasteiger partial charge in [-0.25, -0.2) is 15.0 Å². The van der Waals surface area contributed by atoms with Gasteiger partial charge in [0.15, 0.2) is 5.16 Å². The highest BCUT2D eigenvalue weighted by molar-refractivity contribution is 7.98. The summed E-state index contributed by atoms with van der Waals surface area (Å²) in [6.45, 7) is 5.02. The molecule has 2 N–H and O–H groups in total. The number of aromatic amines is 1. The number of hydrogen-bond acceptors (Lipinski definition) is 6. The number of nitrogens with zero attached hydrogens (tertiary/aromatic N) is 4. The fraction of sp³-hybridized carbons (Fsp3) is 0.455. The lowest BCUT2D eigenvalue weighted by molar-refractivity contribution is 0.935. The van der Waals surface area contributed by atoms with Crippen LogP contribution < -0.4 is 5.32 Å². The van der Waals surface area contributed by atoms with Crippen LogP contribution in [0.4, 0.5) is 5.82 Å². The maximum Gasteiger partial charge on any atom is 0.183 e. The number of aryl methyl sites for hydroxylation is 1. The number of nitrogens with one attached hydrogen (secondary N) is 2. The van der Waals surface area contributed by atoms with Gasteiger partial charge in [0.25, 0.3) is 0 Å². The molecule has 0 atom stereocenters. The SMILES string of the molecule is CCCNc1cc(C)nc(CSc2ncn[nH]2)n1. The van der Waals surface area contributed by atoms with Gasteiger partial charge < -0.3 is 5.32 Å². The second kappa shape index (κ2) is 6.34. The van der Waals surface area contributed by atoms with E-state index in [4.69, 9.17) is 0 Å². The molecule has 0 saturated heterocycles. The highest BCUT2D eigenvalue weighted by Gasteiger charge is 2.04. The van der Waals surface area contributed by atoms with E-state index in [-0.39, 0.29) is 0 Å². The second-order valence-electron chi connectivity index (χ2n) is 3.82. The number of H-pyrrole nitrogens is 1. The second-order valence-corrected chi connectivity index (χ2v) is 4.78. The van der Waals surface area contributed by atoms with E-state index in [1.54, 1.807) is 0 Å². The number of anilines is 1. The topological polar surface area (TPSA) is 79.4 Å². The van der Waals surface area contributed by atoms with Crippen molar-refractivity contribution in [1.82, 2.24) is 25.1 Å². The van der Waals surface area contributed by atoms with Crippen molar-refractivity contribution in [2.75, 3.05) is 11.9 Å². The van der Waals surface area contributed by atoms with E-state index < -0.39 is 0 Å². The van der Waals surface area contributed by atoms with Crippen LogP contribution in [0.5, 0.6) is 0 Å². The summed E-state index contributed by atoms with van der Waals surface area (Å²) < 4.78 is 0. The summed E-state index contributed by atoms with van der Waals surface area (Å²) in [7, 11) is 0. The van der Waals surface area contributed by atoms with Crippen LogP contribution in [-0.2, 0) is 5.75 Å². The van der Waals surface area contributed by atoms with E-state index in [1.165, 1.54) is 18.1 Å². The lowest BCUT2D eigenvalue weighted by Gasteiger charge is -2.06. The normalized spacial score (nSPS) is 10.6. The Morgan fingerprint density at radius 3 is 3.00 bits per heavy atom. The van der Waals surface area contributed by atoms with Crippen LogP contribution in [0.1, 0.15) is 24.9 Å². The molecule has 0 amide bonds. The molecule has 2 rings (SSSR count). The van der Waals surface area contributed by atoms with E-state index in [1.807, 2.05) is 13.0 Å². The van der Waals surface area contributed by atoms with Gasteiger partial charge in [-0.15, -0.1) is 0 Å². The Labute approximate surface area is 110 Å². The van der Waals surface area contributed by atoms with Gasteiger partial charge in [0, 0.05) is 18.3 Å². The predicted octanol–water partition coefficient (Wildman–Crippen LogP) is 2.02. The lowest BCUT2D eigenvalue weighted by Crippen LogP contribution is -2.05. The summed E-state index contributed by atoms with van der Waals surface area (Å²) in [5.74, 6) is 2.37. The fourth-order valence-electron chi connectivity index (χ4n) is 1.43. The maximum absolute atomic E-state index is 4.47. The molecule has 2 aromatic heterocycles. The van der Waals surface area contributed by atoms with Crippen molar-refractivity contribution in [2.45, 2.75) is 31.2 Å². The van der Waals surface area contributed by atoms with Gasteiger partial charge in [-0.05, 0) is 13.3 Å². The summed E-state index contributed by atoms with van der Waals surface area (Å²) in [6.07, 6.45) is 2.57. The third-order valence-corrected chi connectivity index (χ3v) is 3.06. The number of thioether (sulfide) groups is 1. The molecule has 2 heterocycles. The first kappa shape index (κ1) is 12.8. The molecule has 6 nitrogen and oxygen atoms in total. The van der Waals surface area contributed by atoms with Gasteiger partial charge in [-0.3, -0.25) is 5.10 Å². The van der Waals surface area contributed by atoms with Crippen molar-refractivity contribution < 1.29 is 0 Å². The van der Waals surface area contributed by atoms with Crippen molar-refractivity contribution in [2.24, 2.45) is 0 Å². The third kappa shape index (κ3) is 3.69. The molecule has 0 unspecified atom stereocenters. The van der Waals surface area contributed by atoms with E-state index >= 15 is 0 Å². The molecule has 0 saturated carbocycles. The molecule has 0 spiro atoms. The molecule has 0 aliphatic carbocycles. The monoisotopic (exact) mass is 264 g/mol. The largest absolute Gasteiger partial charge is 0.370 e. The van der Waals surface area contributed by atoms with Crippen molar-refractivity contribution in [3.8, 4) is 0 Å². The highest BCUT2D eigenvalue weighted by atomic mass is 32.2. The molecule has 0 fully saturated rings. The van der Waals surface area contributed by atoms with Crippen molar-refractivity contribution in [1.29, 1.82) is 0 Å². The zero-order chi connectivity index (χ0) is 12.8. The molecule has 18 heavy (non-hydrogen) atoms. The van der Waals surface area contributed by atoms with E-state index in [2.05, 4.69) is 37.4 Å². The Morgan fingerprint density at radius 1 is 1.39 bits per heavy atom. The zero-order valence-electron chi connectivity index (χ0n) is 10.5. The first-order chi connectivity index (χ1) is 8.78. The van der Waals surface area contributed by atoms with Crippen LogP contribution in [0.3, 0.4) is 0 Å². The van der Waals surface area contributed by atoms with Gasteiger partial charge in [0.1, 0.15) is 18.0 Å². The standard InChI is InChI=1S/C11H16N6S/c1-3-4-12-9-5-8(2)15-10(16-9)6-18-11-13-7-14-17-11/h5,7H,3-4,6H2,1-2H3,(H,12,15,16)(H,13,14,17). The molecule has 2 aromatic rings. The summed E-state index contributed by atoms with van der Waals surface area (Å²) in [5.41, 5.74) is 0.969. The minimum Gasteiger partial charge on any atom is -0.370 e. The van der Waals surface area contributed by atoms with E-state index in [9.17, 15) is 0 Å². The minimum absolute atomic E-state index is 0.678. The molecule has 0 radical (unpaired) electrons. The van der Waals surface area contributed by atoms with Gasteiger partial charge in [0.2, 0.25) is 0 Å². The van der Waals surface area contributed by atoms with Crippen LogP contribution in [0, 0.1) is 6.92 Å².